The van der Waals surface area contributed by atoms with E-state index in [1.807, 2.05) is 9.58 Å². The molecule has 0 amide bonds. The van der Waals surface area contributed by atoms with Crippen LogP contribution >= 0.6 is 0 Å². The van der Waals surface area contributed by atoms with E-state index in [0.717, 1.165) is 37.8 Å². The number of halogens is 6. The number of anilines is 2. The van der Waals surface area contributed by atoms with Gasteiger partial charge in [0.05, 0.1) is 5.56 Å². The topological polar surface area (TPSA) is 58.9 Å². The van der Waals surface area contributed by atoms with Gasteiger partial charge in [0, 0.05) is 43.5 Å². The van der Waals surface area contributed by atoms with Crippen molar-refractivity contribution in [2.24, 2.45) is 11.8 Å². The Hall–Kier alpha value is -3.31. The molecule has 1 unspecified atom stereocenters. The third kappa shape index (κ3) is 5.17. The van der Waals surface area contributed by atoms with Gasteiger partial charge in [-0.15, -0.1) is 5.10 Å². The van der Waals surface area contributed by atoms with Gasteiger partial charge in [-0.2, -0.15) is 31.3 Å². The van der Waals surface area contributed by atoms with Crippen molar-refractivity contribution in [3.63, 3.8) is 0 Å². The summed E-state index contributed by atoms with van der Waals surface area (Å²) in [5.74, 6) is 1.24. The number of aromatic nitrogens is 4. The first-order chi connectivity index (χ1) is 18.6. The maximum atomic E-state index is 13.4. The number of piperidine rings is 1. The first-order valence-electron chi connectivity index (χ1n) is 13.2. The molecule has 3 aromatic rings. The molecule has 0 spiro atoms. The molecule has 1 saturated heterocycles. The van der Waals surface area contributed by atoms with Gasteiger partial charge in [0.1, 0.15) is 11.5 Å². The summed E-state index contributed by atoms with van der Waals surface area (Å²) in [5.41, 5.74) is -0.473. The van der Waals surface area contributed by atoms with E-state index in [-0.39, 0.29) is 23.8 Å². The molecule has 1 aliphatic carbocycles. The molecule has 1 N–H and O–H groups in total. The lowest BCUT2D eigenvalue weighted by Crippen LogP contribution is -2.48. The summed E-state index contributed by atoms with van der Waals surface area (Å²) in [4.78, 5) is 10.3. The molecule has 6 nitrogen and oxygen atoms in total. The number of fused-ring (bicyclic) bond motifs is 3. The molecule has 1 aromatic carbocycles. The molecule has 39 heavy (non-hydrogen) atoms. The monoisotopic (exact) mass is 550 g/mol. The van der Waals surface area contributed by atoms with Crippen LogP contribution in [0.4, 0.5) is 38.0 Å². The van der Waals surface area contributed by atoms with E-state index in [0.29, 0.717) is 49.1 Å². The van der Waals surface area contributed by atoms with Gasteiger partial charge >= 0.3 is 12.4 Å². The van der Waals surface area contributed by atoms with E-state index in [2.05, 4.69) is 15.4 Å². The highest BCUT2D eigenvalue weighted by Gasteiger charge is 2.43. The molecule has 2 bridgehead atoms. The Morgan fingerprint density at radius 1 is 0.872 bits per heavy atom. The molecule has 2 aromatic heterocycles. The lowest BCUT2D eigenvalue weighted by atomic mass is 9.91. The molecule has 0 radical (unpaired) electrons. The fourth-order valence-electron chi connectivity index (χ4n) is 6.41. The van der Waals surface area contributed by atoms with Crippen molar-refractivity contribution in [1.82, 2.24) is 19.7 Å². The van der Waals surface area contributed by atoms with Crippen LogP contribution in [0.15, 0.2) is 42.6 Å². The quantitative estimate of drug-likeness (QED) is 0.384. The van der Waals surface area contributed by atoms with Crippen LogP contribution in [0.2, 0.25) is 0 Å². The standard InChI is InChI=1S/C27H28F6N6/c28-26(29,30)19-5-3-4-16(12-19)21-6-1-2-11-39-24(21)36-25(37-39)35-23-17-7-8-18(23)15-38(14-17)20-9-10-34-22(13-20)27(31,32)33/h3-5,9-10,12-13,17-18,21,23H,1-2,6-8,11,14-15H2,(H,35,37)/t17-,18+,21?,23+. The Labute approximate surface area is 221 Å². The zero-order chi connectivity index (χ0) is 27.4. The second kappa shape index (κ2) is 9.71. The second-order valence-corrected chi connectivity index (χ2v) is 10.8. The van der Waals surface area contributed by atoms with Crippen molar-refractivity contribution in [1.29, 1.82) is 0 Å². The molecule has 208 valence electrons. The predicted molar refractivity (Wildman–Crippen MR) is 132 cm³/mol. The number of pyridine rings is 1. The molecule has 12 heteroatoms. The average molecular weight is 551 g/mol. The van der Waals surface area contributed by atoms with E-state index < -0.39 is 23.6 Å². The van der Waals surface area contributed by atoms with E-state index >= 15 is 0 Å². The highest BCUT2D eigenvalue weighted by molar-refractivity contribution is 5.49. The first-order valence-corrected chi connectivity index (χ1v) is 13.2. The minimum absolute atomic E-state index is 0.0730. The summed E-state index contributed by atoms with van der Waals surface area (Å²) >= 11 is 0. The number of aryl methyl sites for hydroxylation is 1. The fourth-order valence-corrected chi connectivity index (χ4v) is 6.41. The minimum Gasteiger partial charge on any atom is -0.371 e. The molecule has 4 atom stereocenters. The van der Waals surface area contributed by atoms with E-state index in [1.165, 1.54) is 18.3 Å². The van der Waals surface area contributed by atoms with Gasteiger partial charge in [-0.05, 0) is 61.3 Å². The van der Waals surface area contributed by atoms with Crippen LogP contribution in [0.5, 0.6) is 0 Å². The van der Waals surface area contributed by atoms with E-state index in [1.54, 1.807) is 12.1 Å². The normalized spacial score (nSPS) is 25.3. The number of hydrogen-bond donors (Lipinski definition) is 1. The van der Waals surface area contributed by atoms with Crippen LogP contribution in [0.1, 0.15) is 60.7 Å². The number of alkyl halides is 6. The summed E-state index contributed by atoms with van der Waals surface area (Å²) in [5, 5.41) is 8.18. The zero-order valence-electron chi connectivity index (χ0n) is 21.0. The largest absolute Gasteiger partial charge is 0.433 e. The Morgan fingerprint density at radius 2 is 1.64 bits per heavy atom. The van der Waals surface area contributed by atoms with Gasteiger partial charge in [-0.3, -0.25) is 4.98 Å². The zero-order valence-corrected chi connectivity index (χ0v) is 21.0. The highest BCUT2D eigenvalue weighted by atomic mass is 19.4. The number of nitrogens with one attached hydrogen (secondary N) is 1. The summed E-state index contributed by atoms with van der Waals surface area (Å²) in [6.07, 6.45) is -3.41. The van der Waals surface area contributed by atoms with Crippen molar-refractivity contribution in [3.8, 4) is 0 Å². The molecule has 2 aliphatic heterocycles. The minimum atomic E-state index is -4.49. The van der Waals surface area contributed by atoms with Gasteiger partial charge in [0.2, 0.25) is 5.95 Å². The van der Waals surface area contributed by atoms with Gasteiger partial charge < -0.3 is 10.2 Å². The van der Waals surface area contributed by atoms with Crippen molar-refractivity contribution < 1.29 is 26.3 Å². The van der Waals surface area contributed by atoms with Gasteiger partial charge in [0.25, 0.3) is 0 Å². The maximum absolute atomic E-state index is 13.4. The predicted octanol–water partition coefficient (Wildman–Crippen LogP) is 6.35. The number of nitrogens with zero attached hydrogens (tertiary/aromatic N) is 5. The fraction of sp³-hybridized carbons (Fsp3) is 0.519. The van der Waals surface area contributed by atoms with Crippen molar-refractivity contribution in [3.05, 3.63) is 65.2 Å². The second-order valence-electron chi connectivity index (χ2n) is 10.8. The Balaban J connectivity index is 1.21. The van der Waals surface area contributed by atoms with Crippen LogP contribution in [-0.2, 0) is 18.9 Å². The van der Waals surface area contributed by atoms with Crippen LogP contribution in [0.3, 0.4) is 0 Å². The smallest absolute Gasteiger partial charge is 0.371 e. The molecular weight excluding hydrogens is 522 g/mol. The third-order valence-corrected chi connectivity index (χ3v) is 8.27. The van der Waals surface area contributed by atoms with Gasteiger partial charge in [0.15, 0.2) is 0 Å². The molecule has 2 fully saturated rings. The van der Waals surface area contributed by atoms with E-state index in [4.69, 9.17) is 4.98 Å². The highest BCUT2D eigenvalue weighted by Crippen LogP contribution is 2.41. The summed E-state index contributed by atoms with van der Waals surface area (Å²) in [6, 6.07) is 8.24. The van der Waals surface area contributed by atoms with Crippen LogP contribution in [0, 0.1) is 11.8 Å². The number of rotatable bonds is 4. The van der Waals surface area contributed by atoms with E-state index in [9.17, 15) is 26.3 Å². The van der Waals surface area contributed by atoms with Gasteiger partial charge in [-0.25, -0.2) is 4.68 Å². The molecule has 1 saturated carbocycles. The summed E-state index contributed by atoms with van der Waals surface area (Å²) in [7, 11) is 0. The lowest BCUT2D eigenvalue weighted by molar-refractivity contribution is -0.141. The molecular formula is C27H28F6N6. The van der Waals surface area contributed by atoms with Crippen LogP contribution < -0.4 is 10.2 Å². The number of benzene rings is 1. The summed E-state index contributed by atoms with van der Waals surface area (Å²) in [6.45, 7) is 1.86. The molecule has 6 rings (SSSR count). The number of hydrogen-bond acceptors (Lipinski definition) is 5. The van der Waals surface area contributed by atoms with Crippen molar-refractivity contribution in [2.75, 3.05) is 23.3 Å². The SMILES string of the molecule is FC(F)(F)c1cccc(C2CCCCn3nc(N[C@H]4[C@@H]5CC[C@H]4CN(c4ccnc(C(F)(F)F)c4)C5)nc32)c1. The Morgan fingerprint density at radius 3 is 2.36 bits per heavy atom. The Bertz CT molecular complexity index is 1320. The Kier molecular flexibility index (Phi) is 6.46. The average Bonchev–Trinajstić information content (AvgIpc) is 3.29. The molecule has 3 aliphatic rings. The van der Waals surface area contributed by atoms with Crippen LogP contribution in [0.25, 0.3) is 0 Å². The van der Waals surface area contributed by atoms with Crippen molar-refractivity contribution in [2.45, 2.75) is 63.0 Å². The first kappa shape index (κ1) is 25.9. The maximum Gasteiger partial charge on any atom is 0.433 e. The molecule has 4 heterocycles. The van der Waals surface area contributed by atoms with Gasteiger partial charge in [-0.1, -0.05) is 24.6 Å². The third-order valence-electron chi connectivity index (χ3n) is 8.27. The van der Waals surface area contributed by atoms with Crippen molar-refractivity contribution >= 4 is 11.6 Å². The van der Waals surface area contributed by atoms with Crippen LogP contribution in [-0.4, -0.2) is 38.9 Å². The lowest BCUT2D eigenvalue weighted by Gasteiger charge is -2.39. The summed E-state index contributed by atoms with van der Waals surface area (Å²) < 4.78 is 81.4.